The van der Waals surface area contributed by atoms with Gasteiger partial charge in [-0.25, -0.2) is 4.79 Å². The first kappa shape index (κ1) is 37.9. The van der Waals surface area contributed by atoms with Gasteiger partial charge >= 0.3 is 11.9 Å². The van der Waals surface area contributed by atoms with Crippen LogP contribution >= 0.6 is 0 Å². The van der Waals surface area contributed by atoms with Crippen LogP contribution in [-0.4, -0.2) is 67.7 Å². The van der Waals surface area contributed by atoms with E-state index in [4.69, 9.17) is 33.2 Å². The van der Waals surface area contributed by atoms with E-state index in [0.717, 1.165) is 22.3 Å². The van der Waals surface area contributed by atoms with Crippen LogP contribution in [0.15, 0.2) is 78.9 Å². The highest BCUT2D eigenvalue weighted by Gasteiger charge is 2.50. The highest BCUT2D eigenvalue weighted by molar-refractivity contribution is 5.91. The molecule has 1 aliphatic heterocycles. The standard InChI is InChI=1S/C39H48O10/c1-26-17-19-30(21-31(26)37(42)49-39(3,4)5)22-44-25-32-34(48-33(41)20-18-27(2)40)35(45-23-28-13-9-7-10-14-28)36(38(43-6)47-32)46-24-29-15-11-8-12-16-29/h7-17,19,21,32,34-36,38H,18,20,22-25H2,1-6H3/t32-,34-,35+,36-,38+/m1/s1. The van der Waals surface area contributed by atoms with Gasteiger partial charge in [-0.3, -0.25) is 4.79 Å². The second-order valence-corrected chi connectivity index (χ2v) is 13.1. The third kappa shape index (κ3) is 11.9. The molecule has 3 aromatic carbocycles. The summed E-state index contributed by atoms with van der Waals surface area (Å²) in [5, 5.41) is 0. The van der Waals surface area contributed by atoms with Crippen molar-refractivity contribution in [2.75, 3.05) is 13.7 Å². The number of hydrogen-bond acceptors (Lipinski definition) is 10. The van der Waals surface area contributed by atoms with Gasteiger partial charge in [-0.2, -0.15) is 0 Å². The smallest absolute Gasteiger partial charge is 0.338 e. The molecule has 1 aliphatic rings. The highest BCUT2D eigenvalue weighted by atomic mass is 16.7. The minimum Gasteiger partial charge on any atom is -0.457 e. The topological polar surface area (TPSA) is 116 Å². The molecular weight excluding hydrogens is 628 g/mol. The van der Waals surface area contributed by atoms with Gasteiger partial charge in [0.1, 0.15) is 29.7 Å². The van der Waals surface area contributed by atoms with Gasteiger partial charge in [-0.1, -0.05) is 72.8 Å². The molecule has 0 aliphatic carbocycles. The van der Waals surface area contributed by atoms with Crippen molar-refractivity contribution >= 4 is 17.7 Å². The number of Topliss-reactive ketones (excluding diaryl/α,β-unsaturated/α-hetero) is 1. The summed E-state index contributed by atoms with van der Waals surface area (Å²) in [6.07, 6.45) is -4.33. The molecule has 49 heavy (non-hydrogen) atoms. The second-order valence-electron chi connectivity index (χ2n) is 13.1. The summed E-state index contributed by atoms with van der Waals surface area (Å²) in [6.45, 7) is 9.32. The van der Waals surface area contributed by atoms with Crippen molar-refractivity contribution < 1.29 is 47.5 Å². The summed E-state index contributed by atoms with van der Waals surface area (Å²) < 4.78 is 42.8. The van der Waals surface area contributed by atoms with E-state index in [1.54, 1.807) is 6.07 Å². The van der Waals surface area contributed by atoms with E-state index in [1.165, 1.54) is 14.0 Å². The Kier molecular flexibility index (Phi) is 14.0. The van der Waals surface area contributed by atoms with Gasteiger partial charge in [0, 0.05) is 13.5 Å². The fourth-order valence-electron chi connectivity index (χ4n) is 5.34. The van der Waals surface area contributed by atoms with Crippen LogP contribution < -0.4 is 0 Å². The van der Waals surface area contributed by atoms with Gasteiger partial charge in [-0.15, -0.1) is 0 Å². The zero-order valence-corrected chi connectivity index (χ0v) is 29.2. The molecule has 1 heterocycles. The van der Waals surface area contributed by atoms with E-state index in [1.807, 2.05) is 100 Å². The number of benzene rings is 3. The van der Waals surface area contributed by atoms with E-state index in [-0.39, 0.29) is 45.1 Å². The lowest BCUT2D eigenvalue weighted by Crippen LogP contribution is -2.62. The molecule has 0 saturated carbocycles. The largest absolute Gasteiger partial charge is 0.457 e. The first-order valence-electron chi connectivity index (χ1n) is 16.5. The number of rotatable bonds is 16. The Morgan fingerprint density at radius 3 is 1.94 bits per heavy atom. The molecule has 4 rings (SSSR count). The third-order valence-corrected chi connectivity index (χ3v) is 7.81. The monoisotopic (exact) mass is 676 g/mol. The van der Waals surface area contributed by atoms with Crippen LogP contribution in [0.2, 0.25) is 0 Å². The molecule has 0 amide bonds. The van der Waals surface area contributed by atoms with E-state index in [9.17, 15) is 14.4 Å². The van der Waals surface area contributed by atoms with Crippen molar-refractivity contribution in [2.24, 2.45) is 0 Å². The Hall–Kier alpha value is -3.93. The Labute approximate surface area is 288 Å². The lowest BCUT2D eigenvalue weighted by Gasteiger charge is -2.45. The molecule has 5 atom stereocenters. The first-order chi connectivity index (χ1) is 23.4. The number of carbonyl (C=O) groups is 3. The van der Waals surface area contributed by atoms with Gasteiger partial charge in [0.05, 0.1) is 38.4 Å². The molecule has 0 N–H and O–H groups in total. The molecule has 1 fully saturated rings. The van der Waals surface area contributed by atoms with Crippen molar-refractivity contribution in [3.63, 3.8) is 0 Å². The second kappa shape index (κ2) is 18.2. The molecule has 10 nitrogen and oxygen atoms in total. The molecule has 1 saturated heterocycles. The molecule has 0 spiro atoms. The number of methoxy groups -OCH3 is 1. The van der Waals surface area contributed by atoms with Gasteiger partial charge in [0.15, 0.2) is 12.4 Å². The maximum absolute atomic E-state index is 13.1. The van der Waals surface area contributed by atoms with E-state index < -0.39 is 48.2 Å². The molecule has 0 unspecified atom stereocenters. The van der Waals surface area contributed by atoms with Crippen molar-refractivity contribution in [1.29, 1.82) is 0 Å². The van der Waals surface area contributed by atoms with Gasteiger partial charge in [0.2, 0.25) is 0 Å². The zero-order chi connectivity index (χ0) is 35.4. The molecule has 264 valence electrons. The molecule has 10 heteroatoms. The Bertz CT molecular complexity index is 1500. The summed E-state index contributed by atoms with van der Waals surface area (Å²) in [6, 6.07) is 24.8. The van der Waals surface area contributed by atoms with Crippen molar-refractivity contribution in [3.8, 4) is 0 Å². The van der Waals surface area contributed by atoms with Crippen molar-refractivity contribution in [2.45, 2.75) is 104 Å². The molecule has 0 aromatic heterocycles. The van der Waals surface area contributed by atoms with Crippen LogP contribution in [-0.2, 0) is 62.6 Å². The Balaban J connectivity index is 1.57. The normalized spacial score (nSPS) is 20.8. The summed E-state index contributed by atoms with van der Waals surface area (Å²) in [5.74, 6) is -1.11. The zero-order valence-electron chi connectivity index (χ0n) is 29.2. The Morgan fingerprint density at radius 1 is 0.755 bits per heavy atom. The van der Waals surface area contributed by atoms with Crippen LogP contribution in [0.3, 0.4) is 0 Å². The third-order valence-electron chi connectivity index (χ3n) is 7.81. The van der Waals surface area contributed by atoms with E-state index >= 15 is 0 Å². The van der Waals surface area contributed by atoms with Gasteiger partial charge in [-0.05, 0) is 62.9 Å². The van der Waals surface area contributed by atoms with Crippen LogP contribution in [0.1, 0.15) is 73.1 Å². The molecule has 3 aromatic rings. The summed E-state index contributed by atoms with van der Waals surface area (Å²) in [5.41, 5.74) is 3.21. The summed E-state index contributed by atoms with van der Waals surface area (Å²) in [7, 11) is 1.51. The number of carbonyl (C=O) groups excluding carboxylic acids is 3. The minimum atomic E-state index is -0.967. The maximum atomic E-state index is 13.1. The Morgan fingerprint density at radius 2 is 1.37 bits per heavy atom. The summed E-state index contributed by atoms with van der Waals surface area (Å²) >= 11 is 0. The number of ether oxygens (including phenoxy) is 7. The van der Waals surface area contributed by atoms with E-state index in [2.05, 4.69) is 0 Å². The first-order valence-corrected chi connectivity index (χ1v) is 16.5. The quantitative estimate of drug-likeness (QED) is 0.160. The van der Waals surface area contributed by atoms with E-state index in [0.29, 0.717) is 5.56 Å². The molecule has 0 bridgehead atoms. The van der Waals surface area contributed by atoms with Gasteiger partial charge in [0.25, 0.3) is 0 Å². The molecular formula is C39H48O10. The van der Waals surface area contributed by atoms with Crippen LogP contribution in [0.25, 0.3) is 0 Å². The van der Waals surface area contributed by atoms with Crippen LogP contribution in [0, 0.1) is 6.92 Å². The number of esters is 2. The number of hydrogen-bond donors (Lipinski definition) is 0. The SMILES string of the molecule is CO[C@H]1O[C@H](COCc2ccc(C)c(C(=O)OC(C)(C)C)c2)[C@@H](OC(=O)CCC(C)=O)[C@H](OCc2ccccc2)[C@H]1OCc1ccccc1. The maximum Gasteiger partial charge on any atom is 0.338 e. The average Bonchev–Trinajstić information content (AvgIpc) is 3.07. The number of aryl methyl sites for hydroxylation is 1. The minimum absolute atomic E-state index is 0.00321. The predicted molar refractivity (Wildman–Crippen MR) is 182 cm³/mol. The highest BCUT2D eigenvalue weighted by Crippen LogP contribution is 2.31. The lowest BCUT2D eigenvalue weighted by molar-refractivity contribution is -0.317. The summed E-state index contributed by atoms with van der Waals surface area (Å²) in [4.78, 5) is 37.6. The number of ketones is 1. The van der Waals surface area contributed by atoms with Crippen molar-refractivity contribution in [1.82, 2.24) is 0 Å². The fraction of sp³-hybridized carbons (Fsp3) is 0.462. The van der Waals surface area contributed by atoms with Gasteiger partial charge < -0.3 is 38.0 Å². The lowest BCUT2D eigenvalue weighted by atomic mass is 9.97. The van der Waals surface area contributed by atoms with Crippen LogP contribution in [0.5, 0.6) is 0 Å². The average molecular weight is 677 g/mol. The predicted octanol–water partition coefficient (Wildman–Crippen LogP) is 6.29. The van der Waals surface area contributed by atoms with Crippen LogP contribution in [0.4, 0.5) is 0 Å². The molecule has 0 radical (unpaired) electrons. The van der Waals surface area contributed by atoms with Crippen molar-refractivity contribution in [3.05, 3.63) is 107 Å². The fourth-order valence-corrected chi connectivity index (χ4v) is 5.34.